The van der Waals surface area contributed by atoms with Crippen molar-refractivity contribution in [1.29, 1.82) is 0 Å². The van der Waals surface area contributed by atoms with E-state index in [4.69, 9.17) is 0 Å². The molecule has 0 aromatic rings. The summed E-state index contributed by atoms with van der Waals surface area (Å²) in [6.45, 7) is 9.96. The van der Waals surface area contributed by atoms with Crippen molar-refractivity contribution in [1.82, 2.24) is 4.90 Å². The SMILES string of the molecule is CCCCCCCCCCCCN(C(=O)CCCC)C(C)CCCCCC. The maximum absolute atomic E-state index is 12.6. The lowest BCUT2D eigenvalue weighted by Gasteiger charge is -2.30. The molecule has 2 heteroatoms. The number of carbonyl (C=O) groups is 1. The summed E-state index contributed by atoms with van der Waals surface area (Å²) < 4.78 is 0. The van der Waals surface area contributed by atoms with Crippen molar-refractivity contribution >= 4 is 5.91 Å². The van der Waals surface area contributed by atoms with Gasteiger partial charge in [0, 0.05) is 19.0 Å². The van der Waals surface area contributed by atoms with E-state index in [0.29, 0.717) is 11.9 Å². The summed E-state index contributed by atoms with van der Waals surface area (Å²) in [6.07, 6.45) is 22.9. The minimum atomic E-state index is 0.399. The van der Waals surface area contributed by atoms with Gasteiger partial charge in [0.1, 0.15) is 0 Å². The molecule has 0 rings (SSSR count). The number of rotatable bonds is 20. The van der Waals surface area contributed by atoms with E-state index in [9.17, 15) is 4.79 Å². The Morgan fingerprint density at radius 2 is 1.07 bits per heavy atom. The van der Waals surface area contributed by atoms with Crippen molar-refractivity contribution in [3.05, 3.63) is 0 Å². The molecule has 0 aromatic carbocycles. The van der Waals surface area contributed by atoms with Crippen molar-refractivity contribution in [2.45, 2.75) is 149 Å². The number of hydrogen-bond donors (Lipinski definition) is 0. The Morgan fingerprint density at radius 1 is 0.630 bits per heavy atom. The topological polar surface area (TPSA) is 20.3 Å². The van der Waals surface area contributed by atoms with Crippen LogP contribution in [0.25, 0.3) is 0 Å². The van der Waals surface area contributed by atoms with Gasteiger partial charge in [-0.1, -0.05) is 111 Å². The summed E-state index contributed by atoms with van der Waals surface area (Å²) in [5, 5.41) is 0. The number of amides is 1. The molecule has 0 fully saturated rings. The first-order chi connectivity index (χ1) is 13.2. The molecule has 1 atom stereocenters. The van der Waals surface area contributed by atoms with Gasteiger partial charge in [0.05, 0.1) is 0 Å². The molecule has 0 bridgehead atoms. The van der Waals surface area contributed by atoms with E-state index in [2.05, 4.69) is 32.6 Å². The molecule has 0 spiro atoms. The summed E-state index contributed by atoms with van der Waals surface area (Å²) in [4.78, 5) is 14.9. The predicted molar refractivity (Wildman–Crippen MR) is 121 cm³/mol. The molecule has 0 saturated heterocycles. The van der Waals surface area contributed by atoms with Crippen LogP contribution in [-0.2, 0) is 4.79 Å². The molecule has 162 valence electrons. The smallest absolute Gasteiger partial charge is 0.222 e. The Kier molecular flexibility index (Phi) is 19.8. The van der Waals surface area contributed by atoms with Crippen LogP contribution in [0.1, 0.15) is 143 Å². The molecule has 1 amide bonds. The average Bonchev–Trinajstić information content (AvgIpc) is 2.67. The van der Waals surface area contributed by atoms with Gasteiger partial charge < -0.3 is 4.90 Å². The largest absolute Gasteiger partial charge is 0.340 e. The molecule has 0 saturated carbocycles. The lowest BCUT2D eigenvalue weighted by atomic mass is 10.0. The number of hydrogen-bond acceptors (Lipinski definition) is 1. The Morgan fingerprint density at radius 3 is 1.59 bits per heavy atom. The third-order valence-electron chi connectivity index (χ3n) is 5.82. The van der Waals surface area contributed by atoms with Gasteiger partial charge in [-0.25, -0.2) is 0 Å². The number of nitrogens with zero attached hydrogens (tertiary/aromatic N) is 1. The zero-order valence-corrected chi connectivity index (χ0v) is 19.4. The molecular weight excluding hydrogens is 330 g/mol. The van der Waals surface area contributed by atoms with Crippen LogP contribution in [0.3, 0.4) is 0 Å². The highest BCUT2D eigenvalue weighted by molar-refractivity contribution is 5.76. The second-order valence-corrected chi connectivity index (χ2v) is 8.57. The van der Waals surface area contributed by atoms with Gasteiger partial charge in [-0.3, -0.25) is 4.79 Å². The average molecular weight is 382 g/mol. The van der Waals surface area contributed by atoms with E-state index < -0.39 is 0 Å². The number of carbonyl (C=O) groups excluding carboxylic acids is 1. The van der Waals surface area contributed by atoms with E-state index in [1.165, 1.54) is 96.3 Å². The van der Waals surface area contributed by atoms with Crippen LogP contribution in [-0.4, -0.2) is 23.4 Å². The van der Waals surface area contributed by atoms with Crippen molar-refractivity contribution in [3.63, 3.8) is 0 Å². The molecule has 0 aliphatic carbocycles. The highest BCUT2D eigenvalue weighted by Gasteiger charge is 2.18. The van der Waals surface area contributed by atoms with E-state index in [1.807, 2.05) is 0 Å². The monoisotopic (exact) mass is 381 g/mol. The molecule has 0 N–H and O–H groups in total. The molecule has 0 radical (unpaired) electrons. The lowest BCUT2D eigenvalue weighted by molar-refractivity contribution is -0.133. The first kappa shape index (κ1) is 26.5. The Hall–Kier alpha value is -0.530. The minimum Gasteiger partial charge on any atom is -0.340 e. The van der Waals surface area contributed by atoms with E-state index >= 15 is 0 Å². The normalized spacial score (nSPS) is 12.3. The fourth-order valence-electron chi connectivity index (χ4n) is 3.85. The number of unbranched alkanes of at least 4 members (excludes halogenated alkanes) is 13. The highest BCUT2D eigenvalue weighted by atomic mass is 16.2. The van der Waals surface area contributed by atoms with Crippen LogP contribution < -0.4 is 0 Å². The molecule has 2 nitrogen and oxygen atoms in total. The van der Waals surface area contributed by atoms with Crippen molar-refractivity contribution < 1.29 is 4.79 Å². The Balaban J connectivity index is 4.00. The minimum absolute atomic E-state index is 0.399. The van der Waals surface area contributed by atoms with Gasteiger partial charge in [-0.2, -0.15) is 0 Å². The second kappa shape index (κ2) is 20.2. The van der Waals surface area contributed by atoms with Gasteiger partial charge in [0.25, 0.3) is 0 Å². The molecule has 0 aliphatic rings. The summed E-state index contributed by atoms with van der Waals surface area (Å²) in [5.74, 6) is 0.399. The molecule has 27 heavy (non-hydrogen) atoms. The fourth-order valence-corrected chi connectivity index (χ4v) is 3.85. The van der Waals surface area contributed by atoms with Crippen LogP contribution in [0.2, 0.25) is 0 Å². The van der Waals surface area contributed by atoms with Crippen LogP contribution >= 0.6 is 0 Å². The van der Waals surface area contributed by atoms with Gasteiger partial charge in [0.15, 0.2) is 0 Å². The summed E-state index contributed by atoms with van der Waals surface area (Å²) in [6, 6.07) is 0.421. The molecule has 0 aliphatic heterocycles. The standard InChI is InChI=1S/C25H51NO/c1-5-8-11-13-14-15-16-17-18-20-23-26(25(27)22-10-7-3)24(4)21-19-12-9-6-2/h24H,5-23H2,1-4H3. The predicted octanol–water partition coefficient (Wildman–Crippen LogP) is 8.29. The molecular formula is C25H51NO. The van der Waals surface area contributed by atoms with Gasteiger partial charge in [0.2, 0.25) is 5.91 Å². The van der Waals surface area contributed by atoms with Crippen molar-refractivity contribution in [3.8, 4) is 0 Å². The van der Waals surface area contributed by atoms with Crippen LogP contribution in [0.4, 0.5) is 0 Å². The van der Waals surface area contributed by atoms with Gasteiger partial charge in [-0.05, 0) is 26.2 Å². The second-order valence-electron chi connectivity index (χ2n) is 8.57. The summed E-state index contributed by atoms with van der Waals surface area (Å²) >= 11 is 0. The third kappa shape index (κ3) is 16.2. The van der Waals surface area contributed by atoms with E-state index in [1.54, 1.807) is 0 Å². The van der Waals surface area contributed by atoms with Crippen molar-refractivity contribution in [2.24, 2.45) is 0 Å². The van der Waals surface area contributed by atoms with Crippen molar-refractivity contribution in [2.75, 3.05) is 6.54 Å². The summed E-state index contributed by atoms with van der Waals surface area (Å²) in [7, 11) is 0. The molecule has 0 heterocycles. The Bertz CT molecular complexity index is 315. The molecule has 1 unspecified atom stereocenters. The van der Waals surface area contributed by atoms with Gasteiger partial charge >= 0.3 is 0 Å². The third-order valence-corrected chi connectivity index (χ3v) is 5.82. The van der Waals surface area contributed by atoms with Crippen LogP contribution in [0.15, 0.2) is 0 Å². The maximum Gasteiger partial charge on any atom is 0.222 e. The molecule has 0 aromatic heterocycles. The fraction of sp³-hybridized carbons (Fsp3) is 0.960. The van der Waals surface area contributed by atoms with Crippen LogP contribution in [0.5, 0.6) is 0 Å². The quantitative estimate of drug-likeness (QED) is 0.194. The summed E-state index contributed by atoms with van der Waals surface area (Å²) in [5.41, 5.74) is 0. The highest BCUT2D eigenvalue weighted by Crippen LogP contribution is 2.16. The first-order valence-electron chi connectivity index (χ1n) is 12.5. The first-order valence-corrected chi connectivity index (χ1v) is 12.5. The lowest BCUT2D eigenvalue weighted by Crippen LogP contribution is -2.39. The Labute approximate surface area is 171 Å². The zero-order valence-electron chi connectivity index (χ0n) is 19.4. The van der Waals surface area contributed by atoms with Gasteiger partial charge in [-0.15, -0.1) is 0 Å². The van der Waals surface area contributed by atoms with E-state index in [-0.39, 0.29) is 0 Å². The van der Waals surface area contributed by atoms with Crippen LogP contribution in [0, 0.1) is 0 Å². The maximum atomic E-state index is 12.6. The zero-order chi connectivity index (χ0) is 20.2. The van der Waals surface area contributed by atoms with E-state index in [0.717, 1.165) is 25.8 Å².